The number of hydrogen-bond acceptors (Lipinski definition) is 5. The summed E-state index contributed by atoms with van der Waals surface area (Å²) in [4.78, 5) is 12.7. The zero-order valence-corrected chi connectivity index (χ0v) is 19.4. The van der Waals surface area contributed by atoms with Crippen molar-refractivity contribution in [3.8, 4) is 11.5 Å². The third kappa shape index (κ3) is 5.61. The lowest BCUT2D eigenvalue weighted by Gasteiger charge is -2.24. The standard InChI is InChI=1S/C24H25FN2O5S/c1-4-17-5-9-19(10-6-17)26-24(28)16-27(20-11-7-18(25)8-12-20)33(29,30)21-13-14-22(31-2)23(15-21)32-3/h5-15H,4,16H2,1-3H3,(H,26,28). The molecule has 0 aromatic heterocycles. The molecule has 3 aromatic carbocycles. The number of methoxy groups -OCH3 is 2. The highest BCUT2D eigenvalue weighted by Crippen LogP contribution is 2.32. The summed E-state index contributed by atoms with van der Waals surface area (Å²) in [6.45, 7) is 1.50. The van der Waals surface area contributed by atoms with Gasteiger partial charge in [0.1, 0.15) is 12.4 Å². The highest BCUT2D eigenvalue weighted by Gasteiger charge is 2.28. The van der Waals surface area contributed by atoms with E-state index in [9.17, 15) is 17.6 Å². The number of halogens is 1. The van der Waals surface area contributed by atoms with Gasteiger partial charge in [0.05, 0.1) is 24.8 Å². The maximum atomic E-state index is 13.5. The van der Waals surface area contributed by atoms with Crippen molar-refractivity contribution in [2.24, 2.45) is 0 Å². The molecule has 174 valence electrons. The molecule has 33 heavy (non-hydrogen) atoms. The molecular formula is C24H25FN2O5S. The number of carbonyl (C=O) groups excluding carboxylic acids is 1. The Morgan fingerprint density at radius 2 is 1.58 bits per heavy atom. The van der Waals surface area contributed by atoms with Crippen LogP contribution in [0.25, 0.3) is 0 Å². The number of aryl methyl sites for hydroxylation is 1. The first-order chi connectivity index (χ1) is 15.8. The largest absolute Gasteiger partial charge is 0.493 e. The minimum atomic E-state index is -4.21. The molecule has 0 aliphatic carbocycles. The topological polar surface area (TPSA) is 84.9 Å². The van der Waals surface area contributed by atoms with Gasteiger partial charge in [-0.1, -0.05) is 19.1 Å². The van der Waals surface area contributed by atoms with Gasteiger partial charge in [0.25, 0.3) is 10.0 Å². The SMILES string of the molecule is CCc1ccc(NC(=O)CN(c2ccc(F)cc2)S(=O)(=O)c2ccc(OC)c(OC)c2)cc1. The Morgan fingerprint density at radius 3 is 2.15 bits per heavy atom. The normalized spacial score (nSPS) is 11.0. The molecule has 1 N–H and O–H groups in total. The van der Waals surface area contributed by atoms with Gasteiger partial charge in [-0.2, -0.15) is 0 Å². The molecule has 7 nitrogen and oxygen atoms in total. The van der Waals surface area contributed by atoms with E-state index in [0.29, 0.717) is 11.4 Å². The number of sulfonamides is 1. The second-order valence-electron chi connectivity index (χ2n) is 7.10. The third-order valence-electron chi connectivity index (χ3n) is 4.99. The summed E-state index contributed by atoms with van der Waals surface area (Å²) in [5, 5.41) is 2.71. The van der Waals surface area contributed by atoms with Crippen molar-refractivity contribution in [2.45, 2.75) is 18.2 Å². The van der Waals surface area contributed by atoms with E-state index in [0.717, 1.165) is 28.4 Å². The number of hydrogen-bond donors (Lipinski definition) is 1. The number of carbonyl (C=O) groups is 1. The minimum absolute atomic E-state index is 0.107. The minimum Gasteiger partial charge on any atom is -0.493 e. The van der Waals surface area contributed by atoms with Crippen molar-refractivity contribution in [1.29, 1.82) is 0 Å². The van der Waals surface area contributed by atoms with Crippen molar-refractivity contribution < 1.29 is 27.1 Å². The molecule has 0 atom stereocenters. The van der Waals surface area contributed by atoms with E-state index in [1.165, 1.54) is 44.6 Å². The Balaban J connectivity index is 1.95. The fraction of sp³-hybridized carbons (Fsp3) is 0.208. The fourth-order valence-electron chi connectivity index (χ4n) is 3.18. The van der Waals surface area contributed by atoms with Gasteiger partial charge in [-0.3, -0.25) is 9.10 Å². The van der Waals surface area contributed by atoms with Crippen LogP contribution in [0, 0.1) is 5.82 Å². The molecule has 0 fully saturated rings. The lowest BCUT2D eigenvalue weighted by molar-refractivity contribution is -0.114. The van der Waals surface area contributed by atoms with E-state index in [1.54, 1.807) is 12.1 Å². The summed E-state index contributed by atoms with van der Waals surface area (Å²) in [5.74, 6) is -0.494. The molecule has 0 aliphatic heterocycles. The first-order valence-corrected chi connectivity index (χ1v) is 11.6. The molecule has 0 radical (unpaired) electrons. The van der Waals surface area contributed by atoms with Crippen LogP contribution in [0.5, 0.6) is 11.5 Å². The van der Waals surface area contributed by atoms with Gasteiger partial charge in [0, 0.05) is 11.8 Å². The Kier molecular flexibility index (Phi) is 7.55. The summed E-state index contributed by atoms with van der Waals surface area (Å²) in [5.41, 5.74) is 1.79. The van der Waals surface area contributed by atoms with Gasteiger partial charge >= 0.3 is 0 Å². The molecule has 1 amide bonds. The number of ether oxygens (including phenoxy) is 2. The molecule has 3 aromatic rings. The van der Waals surface area contributed by atoms with Crippen LogP contribution in [-0.4, -0.2) is 35.1 Å². The van der Waals surface area contributed by atoms with Gasteiger partial charge in [0.2, 0.25) is 5.91 Å². The summed E-state index contributed by atoms with van der Waals surface area (Å²) in [7, 11) is -1.38. The Morgan fingerprint density at radius 1 is 0.939 bits per heavy atom. The number of benzene rings is 3. The third-order valence-corrected chi connectivity index (χ3v) is 6.76. The van der Waals surface area contributed by atoms with Crippen LogP contribution in [0.1, 0.15) is 12.5 Å². The molecule has 0 aliphatic rings. The Hall–Kier alpha value is -3.59. The molecule has 0 bridgehead atoms. The van der Waals surface area contributed by atoms with E-state index in [-0.39, 0.29) is 16.3 Å². The van der Waals surface area contributed by atoms with Crippen LogP contribution in [0.3, 0.4) is 0 Å². The van der Waals surface area contributed by atoms with E-state index >= 15 is 0 Å². The van der Waals surface area contributed by atoms with Crippen LogP contribution in [0.4, 0.5) is 15.8 Å². The zero-order valence-electron chi connectivity index (χ0n) is 18.5. The quantitative estimate of drug-likeness (QED) is 0.504. The van der Waals surface area contributed by atoms with Gasteiger partial charge < -0.3 is 14.8 Å². The molecular weight excluding hydrogens is 447 g/mol. The van der Waals surface area contributed by atoms with E-state index in [4.69, 9.17) is 9.47 Å². The number of nitrogens with one attached hydrogen (secondary N) is 1. The van der Waals surface area contributed by atoms with Crippen molar-refractivity contribution in [2.75, 3.05) is 30.4 Å². The van der Waals surface area contributed by atoms with Crippen LogP contribution in [0.15, 0.2) is 71.6 Å². The van der Waals surface area contributed by atoms with Crippen LogP contribution in [0.2, 0.25) is 0 Å². The van der Waals surface area contributed by atoms with Gasteiger partial charge in [-0.05, 0) is 60.5 Å². The van der Waals surface area contributed by atoms with E-state index in [2.05, 4.69) is 5.32 Å². The average Bonchev–Trinajstić information content (AvgIpc) is 2.83. The molecule has 0 unspecified atom stereocenters. The summed E-state index contributed by atoms with van der Waals surface area (Å²) < 4.78 is 51.8. The second kappa shape index (κ2) is 10.4. The lowest BCUT2D eigenvalue weighted by Crippen LogP contribution is -2.38. The smallest absolute Gasteiger partial charge is 0.264 e. The number of amides is 1. The maximum absolute atomic E-state index is 13.5. The molecule has 0 saturated heterocycles. The Labute approximate surface area is 192 Å². The second-order valence-corrected chi connectivity index (χ2v) is 8.97. The number of nitrogens with zero attached hydrogens (tertiary/aromatic N) is 1. The first kappa shape index (κ1) is 24.1. The van der Waals surface area contributed by atoms with Crippen LogP contribution < -0.4 is 19.1 Å². The van der Waals surface area contributed by atoms with Gasteiger partial charge in [0.15, 0.2) is 11.5 Å². The predicted octanol–water partition coefficient (Wildman–Crippen LogP) is 4.24. The zero-order chi connectivity index (χ0) is 24.0. The highest BCUT2D eigenvalue weighted by atomic mass is 32.2. The summed E-state index contributed by atoms with van der Waals surface area (Å²) >= 11 is 0. The van der Waals surface area contributed by atoms with E-state index < -0.39 is 28.3 Å². The summed E-state index contributed by atoms with van der Waals surface area (Å²) in [6.07, 6.45) is 0.857. The van der Waals surface area contributed by atoms with Gasteiger partial charge in [-0.15, -0.1) is 0 Å². The maximum Gasteiger partial charge on any atom is 0.264 e. The molecule has 9 heteroatoms. The van der Waals surface area contributed by atoms with Crippen molar-refractivity contribution in [3.63, 3.8) is 0 Å². The van der Waals surface area contributed by atoms with Crippen LogP contribution >= 0.6 is 0 Å². The van der Waals surface area contributed by atoms with Crippen molar-refractivity contribution >= 4 is 27.3 Å². The van der Waals surface area contributed by atoms with Gasteiger partial charge in [-0.25, -0.2) is 12.8 Å². The Bertz CT molecular complexity index is 1210. The molecule has 0 spiro atoms. The molecule has 0 heterocycles. The first-order valence-electron chi connectivity index (χ1n) is 10.2. The fourth-order valence-corrected chi connectivity index (χ4v) is 4.62. The monoisotopic (exact) mass is 472 g/mol. The predicted molar refractivity (Wildman–Crippen MR) is 125 cm³/mol. The van der Waals surface area contributed by atoms with Crippen LogP contribution in [-0.2, 0) is 21.2 Å². The van der Waals surface area contributed by atoms with Crippen molar-refractivity contribution in [3.05, 3.63) is 78.1 Å². The lowest BCUT2D eigenvalue weighted by atomic mass is 10.1. The van der Waals surface area contributed by atoms with E-state index in [1.807, 2.05) is 19.1 Å². The summed E-state index contributed by atoms with van der Waals surface area (Å²) in [6, 6.07) is 16.3. The highest BCUT2D eigenvalue weighted by molar-refractivity contribution is 7.92. The van der Waals surface area contributed by atoms with Crippen molar-refractivity contribution in [1.82, 2.24) is 0 Å². The molecule has 0 saturated carbocycles. The average molecular weight is 473 g/mol. The number of anilines is 2. The molecule has 3 rings (SSSR count). The number of rotatable bonds is 9.